The molecule has 4 heteroatoms. The van der Waals surface area contributed by atoms with Gasteiger partial charge >= 0.3 is 0 Å². The Morgan fingerprint density at radius 1 is 0.967 bits per heavy atom. The summed E-state index contributed by atoms with van der Waals surface area (Å²) in [5.41, 5.74) is 3.20. The molecule has 1 N–H and O–H groups in total. The van der Waals surface area contributed by atoms with Crippen molar-refractivity contribution in [2.24, 2.45) is 0 Å². The molecule has 2 aromatic rings. The van der Waals surface area contributed by atoms with Gasteiger partial charge in [0.2, 0.25) is 11.8 Å². The highest BCUT2D eigenvalue weighted by Crippen LogP contribution is 2.19. The van der Waals surface area contributed by atoms with Crippen LogP contribution >= 0.6 is 0 Å². The van der Waals surface area contributed by atoms with E-state index in [9.17, 15) is 9.59 Å². The summed E-state index contributed by atoms with van der Waals surface area (Å²) in [7, 11) is 0. The van der Waals surface area contributed by atoms with Gasteiger partial charge in [0.15, 0.2) is 0 Å². The van der Waals surface area contributed by atoms with Crippen molar-refractivity contribution in [2.75, 3.05) is 0 Å². The number of benzene rings is 2. The molecule has 2 aromatic carbocycles. The van der Waals surface area contributed by atoms with Crippen LogP contribution in [0, 0.1) is 6.92 Å². The van der Waals surface area contributed by atoms with Gasteiger partial charge in [-0.25, -0.2) is 0 Å². The van der Waals surface area contributed by atoms with Crippen LogP contribution in [-0.2, 0) is 22.6 Å². The molecule has 30 heavy (non-hydrogen) atoms. The van der Waals surface area contributed by atoms with Gasteiger partial charge in [-0.15, -0.1) is 0 Å². The lowest BCUT2D eigenvalue weighted by atomic mass is 9.95. The Bertz CT molecular complexity index is 811. The van der Waals surface area contributed by atoms with E-state index in [-0.39, 0.29) is 17.9 Å². The molecule has 2 amide bonds. The van der Waals surface area contributed by atoms with E-state index in [4.69, 9.17) is 0 Å². The van der Waals surface area contributed by atoms with Crippen LogP contribution in [0.15, 0.2) is 54.6 Å². The van der Waals surface area contributed by atoms with Gasteiger partial charge < -0.3 is 10.2 Å². The molecule has 0 aromatic heterocycles. The molecule has 1 atom stereocenters. The Morgan fingerprint density at radius 3 is 2.27 bits per heavy atom. The molecule has 1 aliphatic carbocycles. The van der Waals surface area contributed by atoms with E-state index in [1.54, 1.807) is 4.90 Å². The second kappa shape index (κ2) is 11.0. The monoisotopic (exact) mass is 406 g/mol. The second-order valence-corrected chi connectivity index (χ2v) is 8.44. The zero-order valence-electron chi connectivity index (χ0n) is 18.3. The van der Waals surface area contributed by atoms with Gasteiger partial charge in [0, 0.05) is 12.6 Å². The van der Waals surface area contributed by atoms with E-state index in [2.05, 4.69) is 24.4 Å². The SMILES string of the molecule is CC[C@@H](C(=O)NC1CCCCC1)N(Cc1ccc(C)cc1)C(=O)Cc1ccccc1. The van der Waals surface area contributed by atoms with Crippen LogP contribution in [0.25, 0.3) is 0 Å². The summed E-state index contributed by atoms with van der Waals surface area (Å²) < 4.78 is 0. The topological polar surface area (TPSA) is 49.4 Å². The number of rotatable bonds is 8. The van der Waals surface area contributed by atoms with Crippen LogP contribution in [0.4, 0.5) is 0 Å². The summed E-state index contributed by atoms with van der Waals surface area (Å²) in [5.74, 6) is -0.0228. The Kier molecular flexibility index (Phi) is 8.06. The lowest BCUT2D eigenvalue weighted by molar-refractivity contribution is -0.141. The van der Waals surface area contributed by atoms with Crippen molar-refractivity contribution in [3.63, 3.8) is 0 Å². The molecule has 1 aliphatic rings. The van der Waals surface area contributed by atoms with Gasteiger partial charge in [0.05, 0.1) is 6.42 Å². The van der Waals surface area contributed by atoms with Crippen LogP contribution in [0.2, 0.25) is 0 Å². The van der Waals surface area contributed by atoms with E-state index >= 15 is 0 Å². The molecule has 0 unspecified atom stereocenters. The summed E-state index contributed by atoms with van der Waals surface area (Å²) in [6.45, 7) is 4.49. The minimum atomic E-state index is -0.454. The highest BCUT2D eigenvalue weighted by atomic mass is 16.2. The molecule has 0 bridgehead atoms. The summed E-state index contributed by atoms with van der Waals surface area (Å²) in [6.07, 6.45) is 6.57. The maximum atomic E-state index is 13.3. The predicted molar refractivity (Wildman–Crippen MR) is 121 cm³/mol. The molecule has 1 saturated carbocycles. The third-order valence-electron chi connectivity index (χ3n) is 6.01. The molecular formula is C26H34N2O2. The number of nitrogens with zero attached hydrogens (tertiary/aromatic N) is 1. The average molecular weight is 407 g/mol. The fourth-order valence-electron chi connectivity index (χ4n) is 4.23. The van der Waals surface area contributed by atoms with E-state index in [1.807, 2.05) is 49.4 Å². The quantitative estimate of drug-likeness (QED) is 0.685. The minimum Gasteiger partial charge on any atom is -0.352 e. The van der Waals surface area contributed by atoms with Gasteiger partial charge in [0.1, 0.15) is 6.04 Å². The van der Waals surface area contributed by atoms with Gasteiger partial charge in [-0.05, 0) is 37.3 Å². The number of amides is 2. The van der Waals surface area contributed by atoms with Gasteiger partial charge in [-0.3, -0.25) is 9.59 Å². The minimum absolute atomic E-state index is 0.00702. The van der Waals surface area contributed by atoms with E-state index in [1.165, 1.54) is 24.8 Å². The number of nitrogens with one attached hydrogen (secondary N) is 1. The maximum Gasteiger partial charge on any atom is 0.243 e. The predicted octanol–water partition coefficient (Wildman–Crippen LogP) is 4.79. The molecule has 0 aliphatic heterocycles. The molecule has 3 rings (SSSR count). The summed E-state index contributed by atoms with van der Waals surface area (Å²) in [6, 6.07) is 17.8. The summed E-state index contributed by atoms with van der Waals surface area (Å²) >= 11 is 0. The molecule has 1 fully saturated rings. The Morgan fingerprint density at radius 2 is 1.63 bits per heavy atom. The highest BCUT2D eigenvalue weighted by molar-refractivity contribution is 5.88. The van der Waals surface area contributed by atoms with Crippen molar-refractivity contribution >= 4 is 11.8 Å². The first kappa shape index (κ1) is 22.1. The number of aryl methyl sites for hydroxylation is 1. The normalized spacial score (nSPS) is 15.4. The molecule has 0 heterocycles. The van der Waals surface area contributed by atoms with E-state index in [0.717, 1.165) is 24.0 Å². The Balaban J connectivity index is 1.78. The standard InChI is InChI=1S/C26H34N2O2/c1-3-24(26(30)27-23-12-8-5-9-13-23)28(19-22-16-14-20(2)15-17-22)25(29)18-21-10-6-4-7-11-21/h4,6-7,10-11,14-17,23-24H,3,5,8-9,12-13,18-19H2,1-2H3,(H,27,30)/t24-/m0/s1. The molecule has 0 spiro atoms. The van der Waals surface area contributed by atoms with Crippen LogP contribution in [0.5, 0.6) is 0 Å². The van der Waals surface area contributed by atoms with Crippen molar-refractivity contribution < 1.29 is 9.59 Å². The summed E-state index contributed by atoms with van der Waals surface area (Å²) in [5, 5.41) is 3.23. The molecule has 160 valence electrons. The Labute approximate surface area is 180 Å². The Hall–Kier alpha value is -2.62. The molecule has 4 nitrogen and oxygen atoms in total. The van der Waals surface area contributed by atoms with Crippen molar-refractivity contribution in [3.05, 3.63) is 71.3 Å². The fourth-order valence-corrected chi connectivity index (χ4v) is 4.23. The third-order valence-corrected chi connectivity index (χ3v) is 6.01. The molecule has 0 saturated heterocycles. The molecule has 0 radical (unpaired) electrons. The van der Waals surface area contributed by atoms with Crippen LogP contribution in [0.3, 0.4) is 0 Å². The van der Waals surface area contributed by atoms with Gasteiger partial charge in [0.25, 0.3) is 0 Å². The van der Waals surface area contributed by atoms with Crippen LogP contribution in [0.1, 0.15) is 62.1 Å². The maximum absolute atomic E-state index is 13.3. The number of carbonyl (C=O) groups is 2. The zero-order valence-corrected chi connectivity index (χ0v) is 18.3. The average Bonchev–Trinajstić information content (AvgIpc) is 2.76. The first-order valence-corrected chi connectivity index (χ1v) is 11.3. The van der Waals surface area contributed by atoms with Crippen molar-refractivity contribution in [2.45, 2.75) is 77.4 Å². The van der Waals surface area contributed by atoms with E-state index in [0.29, 0.717) is 19.4 Å². The first-order chi connectivity index (χ1) is 14.6. The zero-order chi connectivity index (χ0) is 21.3. The number of carbonyl (C=O) groups excluding carboxylic acids is 2. The van der Waals surface area contributed by atoms with Crippen LogP contribution < -0.4 is 5.32 Å². The number of hydrogen-bond acceptors (Lipinski definition) is 2. The first-order valence-electron chi connectivity index (χ1n) is 11.3. The van der Waals surface area contributed by atoms with Crippen molar-refractivity contribution in [1.29, 1.82) is 0 Å². The van der Waals surface area contributed by atoms with Crippen molar-refractivity contribution in [3.8, 4) is 0 Å². The molecular weight excluding hydrogens is 372 g/mol. The van der Waals surface area contributed by atoms with Gasteiger partial charge in [-0.2, -0.15) is 0 Å². The highest BCUT2D eigenvalue weighted by Gasteiger charge is 2.30. The van der Waals surface area contributed by atoms with Gasteiger partial charge in [-0.1, -0.05) is 86.3 Å². The number of hydrogen-bond donors (Lipinski definition) is 1. The second-order valence-electron chi connectivity index (χ2n) is 8.44. The van der Waals surface area contributed by atoms with Crippen molar-refractivity contribution in [1.82, 2.24) is 10.2 Å². The lowest BCUT2D eigenvalue weighted by Gasteiger charge is -2.33. The van der Waals surface area contributed by atoms with Crippen LogP contribution in [-0.4, -0.2) is 28.8 Å². The summed E-state index contributed by atoms with van der Waals surface area (Å²) in [4.78, 5) is 28.3. The third kappa shape index (κ3) is 6.19. The smallest absolute Gasteiger partial charge is 0.243 e. The lowest BCUT2D eigenvalue weighted by Crippen LogP contribution is -2.51. The van der Waals surface area contributed by atoms with E-state index < -0.39 is 6.04 Å². The largest absolute Gasteiger partial charge is 0.352 e. The fraction of sp³-hybridized carbons (Fsp3) is 0.462.